The van der Waals surface area contributed by atoms with Crippen LogP contribution in [-0.4, -0.2) is 15.5 Å². The molecule has 1 unspecified atom stereocenters. The Morgan fingerprint density at radius 1 is 1.19 bits per heavy atom. The van der Waals surface area contributed by atoms with E-state index < -0.39 is 23.6 Å². The standard InChI is InChI=1S/C23H19F2N3O2S/c1-13-3-5-15(6-4-13)18-11-31-22-21(18)23(30)28(12-26-22)10-20(29)27-14(2)17-8-7-16(24)9-19(17)25/h3-9,11-12,14H,10H2,1-2H3,(H,27,29). The maximum atomic E-state index is 14.0. The van der Waals surface area contributed by atoms with E-state index in [1.807, 2.05) is 36.6 Å². The molecule has 0 aliphatic rings. The number of carbonyl (C=O) groups excluding carboxylic acids is 1. The van der Waals surface area contributed by atoms with Crippen LogP contribution < -0.4 is 10.9 Å². The molecular formula is C23H19F2N3O2S. The van der Waals surface area contributed by atoms with Crippen molar-refractivity contribution in [2.75, 3.05) is 0 Å². The maximum Gasteiger partial charge on any atom is 0.263 e. The molecule has 0 bridgehead atoms. The highest BCUT2D eigenvalue weighted by atomic mass is 32.1. The van der Waals surface area contributed by atoms with E-state index in [1.165, 1.54) is 28.3 Å². The average Bonchev–Trinajstić information content (AvgIpc) is 3.15. The van der Waals surface area contributed by atoms with Gasteiger partial charge in [0.15, 0.2) is 0 Å². The van der Waals surface area contributed by atoms with Crippen molar-refractivity contribution in [2.45, 2.75) is 26.4 Å². The van der Waals surface area contributed by atoms with E-state index in [1.54, 1.807) is 6.92 Å². The van der Waals surface area contributed by atoms with Gasteiger partial charge in [0, 0.05) is 22.6 Å². The van der Waals surface area contributed by atoms with Gasteiger partial charge in [-0.05, 0) is 25.5 Å². The Balaban J connectivity index is 1.59. The van der Waals surface area contributed by atoms with E-state index in [9.17, 15) is 18.4 Å². The molecule has 1 amide bonds. The predicted molar refractivity (Wildman–Crippen MR) is 117 cm³/mol. The number of rotatable bonds is 5. The lowest BCUT2D eigenvalue weighted by atomic mass is 10.1. The number of thiophene rings is 1. The summed E-state index contributed by atoms with van der Waals surface area (Å²) < 4.78 is 28.3. The van der Waals surface area contributed by atoms with Gasteiger partial charge in [-0.2, -0.15) is 0 Å². The number of hydrogen-bond donors (Lipinski definition) is 1. The zero-order chi connectivity index (χ0) is 22.1. The second kappa shape index (κ2) is 8.39. The SMILES string of the molecule is Cc1ccc(-c2csc3ncn(CC(=O)NC(C)c4ccc(F)cc4F)c(=O)c23)cc1. The molecule has 0 radical (unpaired) electrons. The second-order valence-electron chi connectivity index (χ2n) is 7.33. The third kappa shape index (κ3) is 4.25. The molecule has 0 saturated heterocycles. The number of hydrogen-bond acceptors (Lipinski definition) is 4. The minimum absolute atomic E-state index is 0.162. The number of benzene rings is 2. The summed E-state index contributed by atoms with van der Waals surface area (Å²) in [6, 6.07) is 10.3. The summed E-state index contributed by atoms with van der Waals surface area (Å²) in [7, 11) is 0. The summed E-state index contributed by atoms with van der Waals surface area (Å²) in [6.45, 7) is 3.31. The highest BCUT2D eigenvalue weighted by molar-refractivity contribution is 7.17. The number of aryl methyl sites for hydroxylation is 1. The fraction of sp³-hybridized carbons (Fsp3) is 0.174. The van der Waals surface area contributed by atoms with E-state index in [-0.39, 0.29) is 17.7 Å². The third-order valence-electron chi connectivity index (χ3n) is 5.04. The number of fused-ring (bicyclic) bond motifs is 1. The average molecular weight is 439 g/mol. The van der Waals surface area contributed by atoms with Crippen LogP contribution >= 0.6 is 11.3 Å². The van der Waals surface area contributed by atoms with E-state index in [0.29, 0.717) is 10.2 Å². The molecule has 31 heavy (non-hydrogen) atoms. The summed E-state index contributed by atoms with van der Waals surface area (Å²) in [5.74, 6) is -1.91. The fourth-order valence-corrected chi connectivity index (χ4v) is 4.30. The van der Waals surface area contributed by atoms with Gasteiger partial charge in [0.2, 0.25) is 5.91 Å². The number of aromatic nitrogens is 2. The monoisotopic (exact) mass is 439 g/mol. The van der Waals surface area contributed by atoms with Gasteiger partial charge in [0.05, 0.1) is 17.8 Å². The van der Waals surface area contributed by atoms with Crippen molar-refractivity contribution in [3.05, 3.63) is 87.3 Å². The lowest BCUT2D eigenvalue weighted by Crippen LogP contribution is -2.34. The van der Waals surface area contributed by atoms with Crippen LogP contribution in [0.2, 0.25) is 0 Å². The molecule has 1 atom stereocenters. The first-order valence-electron chi connectivity index (χ1n) is 9.61. The molecule has 4 aromatic rings. The van der Waals surface area contributed by atoms with Crippen molar-refractivity contribution < 1.29 is 13.6 Å². The molecule has 158 valence electrons. The first kappa shape index (κ1) is 20.9. The quantitative estimate of drug-likeness (QED) is 0.495. The van der Waals surface area contributed by atoms with Gasteiger partial charge in [-0.1, -0.05) is 35.9 Å². The number of carbonyl (C=O) groups is 1. The van der Waals surface area contributed by atoms with Crippen molar-refractivity contribution in [2.24, 2.45) is 0 Å². The third-order valence-corrected chi connectivity index (χ3v) is 5.93. The van der Waals surface area contributed by atoms with Crippen LogP contribution in [0, 0.1) is 18.6 Å². The minimum atomic E-state index is -0.742. The first-order chi connectivity index (χ1) is 14.8. The number of amides is 1. The van der Waals surface area contributed by atoms with Gasteiger partial charge in [-0.15, -0.1) is 11.3 Å². The lowest BCUT2D eigenvalue weighted by molar-refractivity contribution is -0.122. The molecular weight excluding hydrogens is 420 g/mol. The highest BCUT2D eigenvalue weighted by Crippen LogP contribution is 2.30. The van der Waals surface area contributed by atoms with Gasteiger partial charge in [-0.3, -0.25) is 14.2 Å². The maximum absolute atomic E-state index is 14.0. The van der Waals surface area contributed by atoms with Gasteiger partial charge in [-0.25, -0.2) is 13.8 Å². The van der Waals surface area contributed by atoms with E-state index >= 15 is 0 Å². The Bertz CT molecular complexity index is 1330. The molecule has 0 spiro atoms. The Morgan fingerprint density at radius 3 is 2.65 bits per heavy atom. The molecule has 1 N–H and O–H groups in total. The topological polar surface area (TPSA) is 64.0 Å². The fourth-order valence-electron chi connectivity index (χ4n) is 3.40. The normalized spacial score (nSPS) is 12.1. The van der Waals surface area contributed by atoms with Crippen LogP contribution in [0.5, 0.6) is 0 Å². The summed E-state index contributed by atoms with van der Waals surface area (Å²) in [5.41, 5.74) is 2.63. The molecule has 5 nitrogen and oxygen atoms in total. The number of nitrogens with one attached hydrogen (secondary N) is 1. The predicted octanol–water partition coefficient (Wildman–Crippen LogP) is 4.59. The Morgan fingerprint density at radius 2 is 1.94 bits per heavy atom. The van der Waals surface area contributed by atoms with E-state index in [2.05, 4.69) is 10.3 Å². The van der Waals surface area contributed by atoms with Gasteiger partial charge >= 0.3 is 0 Å². The van der Waals surface area contributed by atoms with Crippen LogP contribution in [0.1, 0.15) is 24.1 Å². The summed E-state index contributed by atoms with van der Waals surface area (Å²) in [5, 5.41) is 4.98. The first-order valence-corrected chi connectivity index (χ1v) is 10.5. The van der Waals surface area contributed by atoms with E-state index in [4.69, 9.17) is 0 Å². The van der Waals surface area contributed by atoms with Gasteiger partial charge in [0.1, 0.15) is 23.0 Å². The van der Waals surface area contributed by atoms with Crippen molar-refractivity contribution >= 4 is 27.5 Å². The largest absolute Gasteiger partial charge is 0.348 e. The molecule has 0 aliphatic carbocycles. The Kier molecular flexibility index (Phi) is 5.65. The number of halogens is 2. The molecule has 8 heteroatoms. The second-order valence-corrected chi connectivity index (χ2v) is 8.19. The molecule has 0 fully saturated rings. The highest BCUT2D eigenvalue weighted by Gasteiger charge is 2.17. The molecule has 0 saturated carbocycles. The Labute approximate surface area is 181 Å². The van der Waals surface area contributed by atoms with Crippen molar-refractivity contribution in [1.82, 2.24) is 14.9 Å². The lowest BCUT2D eigenvalue weighted by Gasteiger charge is -2.15. The number of nitrogens with zero attached hydrogens (tertiary/aromatic N) is 2. The van der Waals surface area contributed by atoms with E-state index in [0.717, 1.165) is 28.8 Å². The smallest absolute Gasteiger partial charge is 0.263 e. The van der Waals surface area contributed by atoms with Crippen LogP contribution in [-0.2, 0) is 11.3 Å². The van der Waals surface area contributed by atoms with Crippen LogP contribution in [0.25, 0.3) is 21.3 Å². The molecule has 2 heterocycles. The van der Waals surface area contributed by atoms with Crippen molar-refractivity contribution in [1.29, 1.82) is 0 Å². The summed E-state index contributed by atoms with van der Waals surface area (Å²) in [6.07, 6.45) is 1.34. The van der Waals surface area contributed by atoms with Crippen LogP contribution in [0.15, 0.2) is 59.0 Å². The van der Waals surface area contributed by atoms with Crippen LogP contribution in [0.3, 0.4) is 0 Å². The molecule has 2 aromatic carbocycles. The molecule has 0 aliphatic heterocycles. The molecule has 4 rings (SSSR count). The molecule has 2 aromatic heterocycles. The Hall–Kier alpha value is -3.39. The minimum Gasteiger partial charge on any atom is -0.348 e. The summed E-state index contributed by atoms with van der Waals surface area (Å²) in [4.78, 5) is 30.5. The van der Waals surface area contributed by atoms with Gasteiger partial charge in [0.25, 0.3) is 5.56 Å². The van der Waals surface area contributed by atoms with Crippen molar-refractivity contribution in [3.8, 4) is 11.1 Å². The zero-order valence-corrected chi connectivity index (χ0v) is 17.7. The summed E-state index contributed by atoms with van der Waals surface area (Å²) >= 11 is 1.37. The van der Waals surface area contributed by atoms with Crippen LogP contribution in [0.4, 0.5) is 8.78 Å². The van der Waals surface area contributed by atoms with Gasteiger partial charge < -0.3 is 5.32 Å². The van der Waals surface area contributed by atoms with Crippen molar-refractivity contribution in [3.63, 3.8) is 0 Å². The zero-order valence-electron chi connectivity index (χ0n) is 16.9.